The minimum atomic E-state index is -3.84. The summed E-state index contributed by atoms with van der Waals surface area (Å²) in [5.74, 6) is 0.621. The summed E-state index contributed by atoms with van der Waals surface area (Å²) in [6.45, 7) is 5.84. The molecule has 2 aliphatic rings. The van der Waals surface area contributed by atoms with Crippen LogP contribution in [0, 0.1) is 5.92 Å². The van der Waals surface area contributed by atoms with E-state index in [0.717, 1.165) is 19.3 Å². The molecular weight excluding hydrogens is 424 g/mol. The number of fused-ring (bicyclic) bond motifs is 1. The van der Waals surface area contributed by atoms with Gasteiger partial charge in [0.2, 0.25) is 10.0 Å². The van der Waals surface area contributed by atoms with Crippen molar-refractivity contribution in [2.24, 2.45) is 5.92 Å². The molecule has 0 unspecified atom stereocenters. The van der Waals surface area contributed by atoms with Crippen LogP contribution in [0.5, 0.6) is 11.5 Å². The van der Waals surface area contributed by atoms with Gasteiger partial charge in [-0.05, 0) is 37.8 Å². The van der Waals surface area contributed by atoms with Gasteiger partial charge in [0.05, 0.1) is 24.5 Å². The molecule has 0 bridgehead atoms. The molecule has 1 saturated heterocycles. The lowest BCUT2D eigenvalue weighted by Crippen LogP contribution is -2.44. The monoisotopic (exact) mass is 454 g/mol. The zero-order valence-electron chi connectivity index (χ0n) is 18.0. The number of esters is 1. The fourth-order valence-electron chi connectivity index (χ4n) is 3.47. The van der Waals surface area contributed by atoms with Crippen molar-refractivity contribution in [3.63, 3.8) is 0 Å². The Balaban J connectivity index is 1.47. The molecule has 172 valence electrons. The smallest absolute Gasteiger partial charge is 0.307 e. The van der Waals surface area contributed by atoms with Crippen LogP contribution >= 0.6 is 0 Å². The highest BCUT2D eigenvalue weighted by atomic mass is 32.2. The van der Waals surface area contributed by atoms with Crippen LogP contribution < -0.4 is 14.2 Å². The largest absolute Gasteiger partial charge is 0.490 e. The van der Waals surface area contributed by atoms with E-state index in [1.165, 1.54) is 12.1 Å². The van der Waals surface area contributed by atoms with E-state index in [4.69, 9.17) is 14.2 Å². The lowest BCUT2D eigenvalue weighted by atomic mass is 9.99. The van der Waals surface area contributed by atoms with Crippen molar-refractivity contribution in [2.45, 2.75) is 50.5 Å². The molecule has 0 saturated carbocycles. The SMILES string of the molecule is CC1CCN(C(=O)[C@H](C)OC(=O)CCNS(=O)(=O)c2ccc3c(c2)OCCCO3)CC1. The van der Waals surface area contributed by atoms with Crippen LogP contribution in [0.2, 0.25) is 0 Å². The van der Waals surface area contributed by atoms with Crippen molar-refractivity contribution >= 4 is 21.9 Å². The predicted molar refractivity (Wildman–Crippen MR) is 112 cm³/mol. The van der Waals surface area contributed by atoms with Gasteiger partial charge in [-0.3, -0.25) is 9.59 Å². The number of piperidine rings is 1. The molecule has 2 heterocycles. The number of likely N-dealkylation sites (tertiary alicyclic amines) is 1. The second kappa shape index (κ2) is 10.3. The molecule has 1 aromatic carbocycles. The maximum Gasteiger partial charge on any atom is 0.307 e. The van der Waals surface area contributed by atoms with Gasteiger partial charge < -0.3 is 19.1 Å². The van der Waals surface area contributed by atoms with Gasteiger partial charge in [-0.25, -0.2) is 13.1 Å². The second-order valence-corrected chi connectivity index (χ2v) is 9.71. The lowest BCUT2D eigenvalue weighted by Gasteiger charge is -2.31. The van der Waals surface area contributed by atoms with Crippen LogP contribution in [0.25, 0.3) is 0 Å². The fraction of sp³-hybridized carbons (Fsp3) is 0.619. The van der Waals surface area contributed by atoms with Crippen LogP contribution in [0.3, 0.4) is 0 Å². The standard InChI is InChI=1S/C21H30N2O7S/c1-15-7-10-23(11-8-15)21(25)16(2)30-20(24)6-9-22-31(26,27)17-4-5-18-19(14-17)29-13-3-12-28-18/h4-5,14-16,22H,3,6-13H2,1-2H3/t16-/m0/s1. The number of carbonyl (C=O) groups excluding carboxylic acids is 2. The van der Waals surface area contributed by atoms with E-state index in [1.54, 1.807) is 17.9 Å². The van der Waals surface area contributed by atoms with E-state index in [1.807, 2.05) is 0 Å². The number of rotatable bonds is 7. The molecule has 0 aromatic heterocycles. The summed E-state index contributed by atoms with van der Waals surface area (Å²) >= 11 is 0. The maximum absolute atomic E-state index is 12.5. The van der Waals surface area contributed by atoms with Crippen LogP contribution in [0.15, 0.2) is 23.1 Å². The average molecular weight is 455 g/mol. The molecule has 10 heteroatoms. The Bertz CT molecular complexity index is 895. The number of hydrogen-bond acceptors (Lipinski definition) is 7. The average Bonchev–Trinajstić information content (AvgIpc) is 2.98. The minimum Gasteiger partial charge on any atom is -0.490 e. The first-order valence-corrected chi connectivity index (χ1v) is 12.1. The summed E-state index contributed by atoms with van der Waals surface area (Å²) in [6, 6.07) is 4.38. The van der Waals surface area contributed by atoms with Crippen molar-refractivity contribution in [1.29, 1.82) is 0 Å². The van der Waals surface area contributed by atoms with Crippen molar-refractivity contribution in [3.8, 4) is 11.5 Å². The highest BCUT2D eigenvalue weighted by Gasteiger charge is 2.27. The summed E-state index contributed by atoms with van der Waals surface area (Å²) in [7, 11) is -3.84. The first-order chi connectivity index (χ1) is 14.8. The second-order valence-electron chi connectivity index (χ2n) is 7.95. The third kappa shape index (κ3) is 6.33. The number of ether oxygens (including phenoxy) is 3. The molecule has 3 rings (SSSR count). The first-order valence-electron chi connectivity index (χ1n) is 10.6. The van der Waals surface area contributed by atoms with E-state index in [2.05, 4.69) is 11.6 Å². The third-order valence-corrected chi connectivity index (χ3v) is 6.86. The number of carbonyl (C=O) groups is 2. The van der Waals surface area contributed by atoms with Crippen LogP contribution in [0.4, 0.5) is 0 Å². The molecule has 2 aliphatic heterocycles. The van der Waals surface area contributed by atoms with Crippen LogP contribution in [-0.4, -0.2) is 64.1 Å². The van der Waals surface area contributed by atoms with Crippen molar-refractivity contribution < 1.29 is 32.2 Å². The fourth-order valence-corrected chi connectivity index (χ4v) is 4.52. The highest BCUT2D eigenvalue weighted by molar-refractivity contribution is 7.89. The van der Waals surface area contributed by atoms with Crippen LogP contribution in [-0.2, 0) is 24.3 Å². The van der Waals surface area contributed by atoms with Crippen molar-refractivity contribution in [2.75, 3.05) is 32.8 Å². The Morgan fingerprint density at radius 1 is 1.19 bits per heavy atom. The molecule has 0 aliphatic carbocycles. The van der Waals surface area contributed by atoms with Gasteiger partial charge in [0.1, 0.15) is 0 Å². The highest BCUT2D eigenvalue weighted by Crippen LogP contribution is 2.31. The quantitative estimate of drug-likeness (QED) is 0.624. The van der Waals surface area contributed by atoms with E-state index < -0.39 is 22.1 Å². The molecule has 1 amide bonds. The van der Waals surface area contributed by atoms with Gasteiger partial charge in [0.25, 0.3) is 5.91 Å². The molecular formula is C21H30N2O7S. The third-order valence-electron chi connectivity index (χ3n) is 5.40. The Morgan fingerprint density at radius 2 is 1.87 bits per heavy atom. The predicted octanol–water partition coefficient (Wildman–Crippen LogP) is 1.71. The number of sulfonamides is 1. The van der Waals surface area contributed by atoms with E-state index in [9.17, 15) is 18.0 Å². The van der Waals surface area contributed by atoms with Gasteiger partial charge >= 0.3 is 5.97 Å². The molecule has 1 fully saturated rings. The summed E-state index contributed by atoms with van der Waals surface area (Å²) in [4.78, 5) is 26.2. The Kier molecular flexibility index (Phi) is 7.77. The zero-order valence-corrected chi connectivity index (χ0v) is 18.8. The molecule has 1 atom stereocenters. The van der Waals surface area contributed by atoms with Gasteiger partial charge in [-0.2, -0.15) is 0 Å². The zero-order chi connectivity index (χ0) is 22.4. The molecule has 1 N–H and O–H groups in total. The maximum atomic E-state index is 12.5. The molecule has 0 radical (unpaired) electrons. The number of hydrogen-bond donors (Lipinski definition) is 1. The Labute approximate surface area is 183 Å². The van der Waals surface area contributed by atoms with E-state index >= 15 is 0 Å². The van der Waals surface area contributed by atoms with Gasteiger partial charge in [0.15, 0.2) is 17.6 Å². The minimum absolute atomic E-state index is 0.0213. The van der Waals surface area contributed by atoms with E-state index in [0.29, 0.717) is 43.7 Å². The Morgan fingerprint density at radius 3 is 2.58 bits per heavy atom. The normalized spacial score (nSPS) is 18.2. The molecule has 0 spiro atoms. The summed E-state index contributed by atoms with van der Waals surface area (Å²) in [6.07, 6.45) is 1.52. The first kappa shape index (κ1) is 23.3. The Hall–Kier alpha value is -2.33. The molecule has 31 heavy (non-hydrogen) atoms. The number of benzene rings is 1. The number of nitrogens with one attached hydrogen (secondary N) is 1. The molecule has 1 aromatic rings. The molecule has 9 nitrogen and oxygen atoms in total. The number of amides is 1. The number of nitrogens with zero attached hydrogens (tertiary/aromatic N) is 1. The summed E-state index contributed by atoms with van der Waals surface area (Å²) in [5, 5.41) is 0. The van der Waals surface area contributed by atoms with Crippen molar-refractivity contribution in [3.05, 3.63) is 18.2 Å². The lowest BCUT2D eigenvalue weighted by molar-refractivity contribution is -0.159. The summed E-state index contributed by atoms with van der Waals surface area (Å²) in [5.41, 5.74) is 0. The van der Waals surface area contributed by atoms with Gasteiger partial charge in [0, 0.05) is 32.1 Å². The van der Waals surface area contributed by atoms with Crippen LogP contribution in [0.1, 0.15) is 39.5 Å². The van der Waals surface area contributed by atoms with Gasteiger partial charge in [-0.1, -0.05) is 6.92 Å². The van der Waals surface area contributed by atoms with E-state index in [-0.39, 0.29) is 23.8 Å². The summed E-state index contributed by atoms with van der Waals surface area (Å²) < 4.78 is 43.7. The topological polar surface area (TPSA) is 111 Å². The van der Waals surface area contributed by atoms with Gasteiger partial charge in [-0.15, -0.1) is 0 Å². The van der Waals surface area contributed by atoms with Crippen molar-refractivity contribution in [1.82, 2.24) is 9.62 Å².